The molecule has 1 aliphatic heterocycles. The molecular formula is C28H47N5O3. The number of nitrogens with zero attached hydrogens (tertiary/aromatic N) is 4. The van der Waals surface area contributed by atoms with Crippen molar-refractivity contribution in [3.05, 3.63) is 30.1 Å². The number of aliphatic hydroxyl groups is 1. The summed E-state index contributed by atoms with van der Waals surface area (Å²) in [5.74, 6) is 0.658. The highest BCUT2D eigenvalue weighted by Gasteiger charge is 2.33. The number of imidazole rings is 1. The number of Topliss-reactive ketones (excluding diaryl/α,β-unsaturated/α-hetero) is 1. The van der Waals surface area contributed by atoms with Gasteiger partial charge in [0.15, 0.2) is 5.78 Å². The largest absolute Gasteiger partial charge is 0.393 e. The Hall–Kier alpha value is -2.48. The van der Waals surface area contributed by atoms with E-state index in [0.29, 0.717) is 18.8 Å². The molecule has 0 bridgehead atoms. The second kappa shape index (κ2) is 13.2. The van der Waals surface area contributed by atoms with Crippen LogP contribution in [0.25, 0.3) is 0 Å². The van der Waals surface area contributed by atoms with E-state index in [4.69, 9.17) is 0 Å². The fraction of sp³-hybridized carbons (Fsp3) is 0.714. The van der Waals surface area contributed by atoms with Crippen LogP contribution in [0.15, 0.2) is 29.4 Å². The van der Waals surface area contributed by atoms with E-state index in [-0.39, 0.29) is 41.2 Å². The van der Waals surface area contributed by atoms with E-state index in [1.54, 1.807) is 6.92 Å². The number of ketones is 1. The Labute approximate surface area is 217 Å². The maximum absolute atomic E-state index is 12.1. The number of nitrogens with one attached hydrogen (secondary N) is 1. The first-order valence-corrected chi connectivity index (χ1v) is 13.3. The number of amides is 1. The molecule has 36 heavy (non-hydrogen) atoms. The summed E-state index contributed by atoms with van der Waals surface area (Å²) in [4.78, 5) is 34.0. The molecule has 4 atom stereocenters. The number of hydrogen-bond acceptors (Lipinski definition) is 6. The smallest absolute Gasteiger partial charge is 0.223 e. The molecule has 2 aliphatic rings. The minimum atomic E-state index is -0.381. The number of likely N-dealkylation sites (N-methyl/N-ethyl adjacent to an activating group) is 1. The van der Waals surface area contributed by atoms with Gasteiger partial charge >= 0.3 is 0 Å². The maximum Gasteiger partial charge on any atom is 0.223 e. The molecule has 202 valence electrons. The summed E-state index contributed by atoms with van der Waals surface area (Å²) in [6, 6.07) is 0.0796. The van der Waals surface area contributed by atoms with Crippen molar-refractivity contribution >= 4 is 18.4 Å². The molecule has 2 heterocycles. The van der Waals surface area contributed by atoms with Crippen LogP contribution >= 0.6 is 0 Å². The van der Waals surface area contributed by atoms with Crippen LogP contribution in [0.5, 0.6) is 0 Å². The number of carbonyl (C=O) groups is 2. The van der Waals surface area contributed by atoms with Gasteiger partial charge in [0.1, 0.15) is 0 Å². The van der Waals surface area contributed by atoms with Crippen LogP contribution in [0.4, 0.5) is 0 Å². The van der Waals surface area contributed by atoms with Crippen LogP contribution in [-0.2, 0) is 22.6 Å². The molecule has 1 aromatic heterocycles. The molecule has 1 aromatic rings. The summed E-state index contributed by atoms with van der Waals surface area (Å²) in [5.41, 5.74) is 2.12. The van der Waals surface area contributed by atoms with Crippen LogP contribution in [0, 0.1) is 17.3 Å². The van der Waals surface area contributed by atoms with Crippen molar-refractivity contribution in [3.8, 4) is 0 Å². The van der Waals surface area contributed by atoms with Crippen molar-refractivity contribution in [2.45, 2.75) is 105 Å². The molecule has 0 aromatic carbocycles. The van der Waals surface area contributed by atoms with Crippen molar-refractivity contribution in [1.29, 1.82) is 0 Å². The first-order valence-electron chi connectivity index (χ1n) is 13.3. The van der Waals surface area contributed by atoms with Gasteiger partial charge in [0, 0.05) is 56.0 Å². The van der Waals surface area contributed by atoms with Gasteiger partial charge in [0.25, 0.3) is 0 Å². The summed E-state index contributed by atoms with van der Waals surface area (Å²) < 4.78 is 2.13. The lowest BCUT2D eigenvalue weighted by Crippen LogP contribution is -2.44. The molecule has 0 radical (unpaired) electrons. The number of fused-ring (bicyclic) bond motifs is 1. The molecule has 0 saturated heterocycles. The average Bonchev–Trinajstić information content (AvgIpc) is 3.53. The Morgan fingerprint density at radius 1 is 1.36 bits per heavy atom. The van der Waals surface area contributed by atoms with Gasteiger partial charge in [-0.3, -0.25) is 14.6 Å². The van der Waals surface area contributed by atoms with E-state index >= 15 is 0 Å². The molecule has 3 rings (SSSR count). The molecule has 1 amide bonds. The van der Waals surface area contributed by atoms with E-state index < -0.39 is 0 Å². The molecule has 1 aliphatic carbocycles. The monoisotopic (exact) mass is 501 g/mol. The number of allylic oxidation sites excluding steroid dienone is 1. The van der Waals surface area contributed by atoms with E-state index in [0.717, 1.165) is 25.1 Å². The van der Waals surface area contributed by atoms with Crippen molar-refractivity contribution in [2.24, 2.45) is 22.2 Å². The number of aromatic nitrogens is 2. The number of rotatable bonds is 10. The normalized spacial score (nSPS) is 20.2. The summed E-state index contributed by atoms with van der Waals surface area (Å²) in [7, 11) is 1.95. The lowest BCUT2D eigenvalue weighted by molar-refractivity contribution is -0.126. The van der Waals surface area contributed by atoms with Crippen LogP contribution in [-0.4, -0.2) is 63.2 Å². The van der Waals surface area contributed by atoms with Gasteiger partial charge in [-0.1, -0.05) is 34.6 Å². The summed E-state index contributed by atoms with van der Waals surface area (Å²) in [6.45, 7) is 16.2. The molecule has 4 unspecified atom stereocenters. The molecule has 1 saturated carbocycles. The minimum absolute atomic E-state index is 0.0467. The van der Waals surface area contributed by atoms with Gasteiger partial charge in [0.2, 0.25) is 5.91 Å². The number of aryl methyl sites for hydroxylation is 1. The molecule has 0 spiro atoms. The number of hydrogen-bond donors (Lipinski definition) is 2. The molecular weight excluding hydrogens is 454 g/mol. The Bertz CT molecular complexity index is 913. The van der Waals surface area contributed by atoms with Gasteiger partial charge < -0.3 is 19.9 Å². The Morgan fingerprint density at radius 3 is 2.56 bits per heavy atom. The third kappa shape index (κ3) is 8.87. The van der Waals surface area contributed by atoms with E-state index in [1.165, 1.54) is 18.5 Å². The fourth-order valence-corrected chi connectivity index (χ4v) is 4.96. The van der Waals surface area contributed by atoms with Gasteiger partial charge in [-0.15, -0.1) is 0 Å². The molecule has 1 fully saturated rings. The van der Waals surface area contributed by atoms with E-state index in [2.05, 4.69) is 47.3 Å². The van der Waals surface area contributed by atoms with Gasteiger partial charge in [0.05, 0.1) is 24.2 Å². The van der Waals surface area contributed by atoms with Gasteiger partial charge in [-0.25, -0.2) is 4.98 Å². The minimum Gasteiger partial charge on any atom is -0.393 e. The highest BCUT2D eigenvalue weighted by Crippen LogP contribution is 2.37. The number of carbonyl (C=O) groups excluding carboxylic acids is 2. The molecule has 8 heteroatoms. The van der Waals surface area contributed by atoms with Gasteiger partial charge in [-0.05, 0) is 51.2 Å². The summed E-state index contributed by atoms with van der Waals surface area (Å²) in [5, 5.41) is 12.7. The maximum atomic E-state index is 12.1. The van der Waals surface area contributed by atoms with Crippen LogP contribution in [0.2, 0.25) is 0 Å². The van der Waals surface area contributed by atoms with Crippen LogP contribution < -0.4 is 5.32 Å². The van der Waals surface area contributed by atoms with E-state index in [9.17, 15) is 14.7 Å². The molecule has 8 nitrogen and oxygen atoms in total. The standard InChI is InChI=1S/C14H23N3O2.C14H24N2O/c1-3-13(18)6-10(2)14(19)16-11-4-5-17-9-15-8-12(17)7-11;1-10(17)13(14(2,3)4)16(6)9-12(15-5)11-7-8-11/h8-11,13,18H,3-7H2,1-2H3,(H,16,19);9,11,13H,5,7-8H2,1-4,6H3/b;12-9-. The lowest BCUT2D eigenvalue weighted by Gasteiger charge is -2.35. The highest BCUT2D eigenvalue weighted by atomic mass is 16.3. The zero-order valence-electron chi connectivity index (χ0n) is 23.3. The van der Waals surface area contributed by atoms with Crippen LogP contribution in [0.3, 0.4) is 0 Å². The van der Waals surface area contributed by atoms with Gasteiger partial charge in [-0.2, -0.15) is 0 Å². The fourth-order valence-electron chi connectivity index (χ4n) is 4.96. The topological polar surface area (TPSA) is 99.8 Å². The summed E-state index contributed by atoms with van der Waals surface area (Å²) in [6.07, 6.45) is 10.7. The second-order valence-corrected chi connectivity index (χ2v) is 11.5. The van der Waals surface area contributed by atoms with Crippen molar-refractivity contribution < 1.29 is 14.7 Å². The first-order chi connectivity index (χ1) is 16.9. The predicted molar refractivity (Wildman–Crippen MR) is 145 cm³/mol. The highest BCUT2D eigenvalue weighted by molar-refractivity contribution is 5.82. The van der Waals surface area contributed by atoms with E-state index in [1.807, 2.05) is 44.5 Å². The SMILES string of the molecule is C=N/C(=C\N(C)C(C(C)=O)C(C)(C)C)C1CC1.CCC(O)CC(C)C(=O)NC1CCn2cncc2C1. The third-order valence-electron chi connectivity index (χ3n) is 6.99. The van der Waals surface area contributed by atoms with Crippen molar-refractivity contribution in [2.75, 3.05) is 7.05 Å². The van der Waals surface area contributed by atoms with Crippen LogP contribution in [0.1, 0.15) is 79.3 Å². The molecule has 2 N–H and O–H groups in total. The Balaban J connectivity index is 0.000000255. The number of aliphatic hydroxyl groups excluding tert-OH is 1. The summed E-state index contributed by atoms with van der Waals surface area (Å²) >= 11 is 0. The predicted octanol–water partition coefficient (Wildman–Crippen LogP) is 3.99. The van der Waals surface area contributed by atoms with Crippen molar-refractivity contribution in [3.63, 3.8) is 0 Å². The quantitative estimate of drug-likeness (QED) is 0.472. The Morgan fingerprint density at radius 2 is 2.03 bits per heavy atom. The lowest BCUT2D eigenvalue weighted by atomic mass is 9.83. The first kappa shape index (κ1) is 29.7. The second-order valence-electron chi connectivity index (χ2n) is 11.5. The van der Waals surface area contributed by atoms with Crippen molar-refractivity contribution in [1.82, 2.24) is 19.8 Å². The average molecular weight is 502 g/mol. The Kier molecular flexibility index (Phi) is 10.9. The zero-order valence-corrected chi connectivity index (χ0v) is 23.3. The zero-order chi connectivity index (χ0) is 27.0. The third-order valence-corrected chi connectivity index (χ3v) is 6.99. The number of aliphatic imine (C=N–C) groups is 1.